The van der Waals surface area contributed by atoms with Crippen molar-refractivity contribution in [3.63, 3.8) is 0 Å². The first-order valence-corrected chi connectivity index (χ1v) is 7.01. The van der Waals surface area contributed by atoms with E-state index in [1.165, 1.54) is 11.1 Å². The van der Waals surface area contributed by atoms with Crippen LogP contribution in [0, 0.1) is 6.92 Å². The van der Waals surface area contributed by atoms with Crippen molar-refractivity contribution in [2.75, 3.05) is 5.32 Å². The molecule has 0 aliphatic heterocycles. The molecule has 0 saturated carbocycles. The summed E-state index contributed by atoms with van der Waals surface area (Å²) in [6.07, 6.45) is 3.55. The molecular formula is C17H20N2O2. The van der Waals surface area contributed by atoms with Crippen LogP contribution in [0.2, 0.25) is 0 Å². The predicted molar refractivity (Wildman–Crippen MR) is 83.0 cm³/mol. The third-order valence-electron chi connectivity index (χ3n) is 3.57. The fourth-order valence-corrected chi connectivity index (χ4v) is 2.40. The second-order valence-corrected chi connectivity index (χ2v) is 5.20. The number of aliphatic hydroxyl groups excluding tert-OH is 1. The lowest BCUT2D eigenvalue weighted by Crippen LogP contribution is -2.16. The van der Waals surface area contributed by atoms with E-state index in [1.807, 2.05) is 19.1 Å². The van der Waals surface area contributed by atoms with Crippen molar-refractivity contribution in [1.29, 1.82) is 0 Å². The number of rotatable bonds is 5. The number of carbonyl (C=O) groups is 1. The van der Waals surface area contributed by atoms with Gasteiger partial charge < -0.3 is 10.4 Å². The van der Waals surface area contributed by atoms with Gasteiger partial charge in [0.15, 0.2) is 0 Å². The molecule has 1 aromatic carbocycles. The van der Waals surface area contributed by atoms with Crippen LogP contribution in [-0.2, 0) is 11.4 Å². The topological polar surface area (TPSA) is 62.2 Å². The number of carbonyl (C=O) groups excluding carboxylic acids is 1. The zero-order valence-electron chi connectivity index (χ0n) is 12.3. The first-order valence-electron chi connectivity index (χ1n) is 7.01. The summed E-state index contributed by atoms with van der Waals surface area (Å²) in [4.78, 5) is 16.1. The molecule has 2 N–H and O–H groups in total. The van der Waals surface area contributed by atoms with E-state index in [4.69, 9.17) is 0 Å². The number of aliphatic hydroxyl groups is 1. The average Bonchev–Trinajstić information content (AvgIpc) is 2.48. The zero-order valence-corrected chi connectivity index (χ0v) is 12.3. The smallest absolute Gasteiger partial charge is 0.225 e. The van der Waals surface area contributed by atoms with E-state index in [0.29, 0.717) is 17.7 Å². The maximum Gasteiger partial charge on any atom is 0.225 e. The highest BCUT2D eigenvalue weighted by molar-refractivity contribution is 5.91. The third kappa shape index (κ3) is 3.89. The second-order valence-electron chi connectivity index (χ2n) is 5.20. The molecule has 1 unspecified atom stereocenters. The Kier molecular flexibility index (Phi) is 5.06. The molecular weight excluding hydrogens is 264 g/mol. The lowest BCUT2D eigenvalue weighted by molar-refractivity contribution is -0.116. The molecule has 1 amide bonds. The molecule has 0 bridgehead atoms. The van der Waals surface area contributed by atoms with Gasteiger partial charge in [-0.15, -0.1) is 0 Å². The van der Waals surface area contributed by atoms with Crippen molar-refractivity contribution in [1.82, 2.24) is 4.98 Å². The van der Waals surface area contributed by atoms with Crippen LogP contribution >= 0.6 is 0 Å². The lowest BCUT2D eigenvalue weighted by Gasteiger charge is -2.15. The number of aromatic nitrogens is 1. The number of pyridine rings is 1. The number of aryl methyl sites for hydroxylation is 1. The number of nitrogens with one attached hydrogen (secondary N) is 1. The number of anilines is 1. The summed E-state index contributed by atoms with van der Waals surface area (Å²) < 4.78 is 0. The van der Waals surface area contributed by atoms with Crippen molar-refractivity contribution in [3.8, 4) is 0 Å². The highest BCUT2D eigenvalue weighted by atomic mass is 16.3. The van der Waals surface area contributed by atoms with Gasteiger partial charge >= 0.3 is 0 Å². The largest absolute Gasteiger partial charge is 0.392 e. The van der Waals surface area contributed by atoms with Gasteiger partial charge in [0.25, 0.3) is 0 Å². The predicted octanol–water partition coefficient (Wildman–Crippen LogP) is 3.01. The number of benzene rings is 1. The maximum atomic E-state index is 12.2. The summed E-state index contributed by atoms with van der Waals surface area (Å²) in [5, 5.41) is 12.1. The molecule has 0 radical (unpaired) electrons. The van der Waals surface area contributed by atoms with Crippen molar-refractivity contribution in [2.24, 2.45) is 0 Å². The van der Waals surface area contributed by atoms with Gasteiger partial charge in [-0.3, -0.25) is 9.78 Å². The van der Waals surface area contributed by atoms with Crippen LogP contribution < -0.4 is 5.32 Å². The van der Waals surface area contributed by atoms with Crippen molar-refractivity contribution in [3.05, 3.63) is 59.4 Å². The highest BCUT2D eigenvalue weighted by Gasteiger charge is 2.14. The Labute approximate surface area is 124 Å². The molecule has 0 fully saturated rings. The van der Waals surface area contributed by atoms with Crippen LogP contribution in [0.25, 0.3) is 0 Å². The van der Waals surface area contributed by atoms with Crippen LogP contribution in [-0.4, -0.2) is 16.0 Å². The first kappa shape index (κ1) is 15.2. The molecule has 4 heteroatoms. The molecule has 1 heterocycles. The van der Waals surface area contributed by atoms with E-state index in [-0.39, 0.29) is 18.4 Å². The summed E-state index contributed by atoms with van der Waals surface area (Å²) in [7, 11) is 0. The number of hydrogen-bond donors (Lipinski definition) is 2. The van der Waals surface area contributed by atoms with Gasteiger partial charge in [0.2, 0.25) is 5.91 Å². The number of nitrogens with zero attached hydrogens (tertiary/aromatic N) is 1. The van der Waals surface area contributed by atoms with Gasteiger partial charge in [0.05, 0.1) is 18.5 Å². The Morgan fingerprint density at radius 2 is 2.10 bits per heavy atom. The fraction of sp³-hybridized carbons (Fsp3) is 0.294. The Balaban J connectivity index is 2.03. The third-order valence-corrected chi connectivity index (χ3v) is 3.57. The van der Waals surface area contributed by atoms with Gasteiger partial charge in [-0.1, -0.05) is 31.2 Å². The summed E-state index contributed by atoms with van der Waals surface area (Å²) >= 11 is 0. The molecule has 0 spiro atoms. The minimum absolute atomic E-state index is 0.0755. The van der Waals surface area contributed by atoms with Crippen LogP contribution in [0.3, 0.4) is 0 Å². The zero-order chi connectivity index (χ0) is 15.2. The Bertz CT molecular complexity index is 626. The quantitative estimate of drug-likeness (QED) is 0.887. The van der Waals surface area contributed by atoms with Crippen molar-refractivity contribution in [2.45, 2.75) is 32.8 Å². The van der Waals surface area contributed by atoms with Crippen molar-refractivity contribution < 1.29 is 9.90 Å². The maximum absolute atomic E-state index is 12.2. The normalized spacial score (nSPS) is 12.0. The summed E-state index contributed by atoms with van der Waals surface area (Å²) in [6.45, 7) is 3.97. The summed E-state index contributed by atoms with van der Waals surface area (Å²) in [6, 6.07) is 9.78. The van der Waals surface area contributed by atoms with Crippen LogP contribution in [0.1, 0.15) is 36.0 Å². The summed E-state index contributed by atoms with van der Waals surface area (Å²) in [5.74, 6) is 0.0638. The van der Waals surface area contributed by atoms with E-state index in [9.17, 15) is 9.90 Å². The molecule has 0 aliphatic carbocycles. The highest BCUT2D eigenvalue weighted by Crippen LogP contribution is 2.23. The number of hydrogen-bond acceptors (Lipinski definition) is 3. The molecule has 0 saturated heterocycles. The fourth-order valence-electron chi connectivity index (χ4n) is 2.40. The van der Waals surface area contributed by atoms with E-state index in [0.717, 1.165) is 0 Å². The van der Waals surface area contributed by atoms with E-state index >= 15 is 0 Å². The first-order chi connectivity index (χ1) is 10.1. The minimum atomic E-state index is -0.120. The van der Waals surface area contributed by atoms with Gasteiger partial charge in [-0.25, -0.2) is 0 Å². The molecule has 4 nitrogen and oxygen atoms in total. The van der Waals surface area contributed by atoms with Crippen LogP contribution in [0.5, 0.6) is 0 Å². The lowest BCUT2D eigenvalue weighted by atomic mass is 9.93. The molecule has 0 aliphatic rings. The van der Waals surface area contributed by atoms with Crippen molar-refractivity contribution >= 4 is 11.6 Å². The van der Waals surface area contributed by atoms with Crippen LogP contribution in [0.4, 0.5) is 5.69 Å². The standard InChI is InChI=1S/C17H20N2O2/c1-12-5-3-4-6-15(12)13(2)9-17(21)19-16-10-18-8-7-14(16)11-20/h3-8,10,13,20H,9,11H2,1-2H3,(H,19,21). The second kappa shape index (κ2) is 6.99. The van der Waals surface area contributed by atoms with Crippen LogP contribution in [0.15, 0.2) is 42.7 Å². The van der Waals surface area contributed by atoms with Gasteiger partial charge in [-0.2, -0.15) is 0 Å². The van der Waals surface area contributed by atoms with Gasteiger partial charge in [0, 0.05) is 18.2 Å². The summed E-state index contributed by atoms with van der Waals surface area (Å²) in [5.41, 5.74) is 3.61. The van der Waals surface area contributed by atoms with Gasteiger partial charge in [0.1, 0.15) is 0 Å². The molecule has 110 valence electrons. The molecule has 2 rings (SSSR count). The molecule has 1 atom stereocenters. The Hall–Kier alpha value is -2.20. The average molecular weight is 284 g/mol. The molecule has 21 heavy (non-hydrogen) atoms. The Morgan fingerprint density at radius 1 is 1.33 bits per heavy atom. The van der Waals surface area contributed by atoms with E-state index in [2.05, 4.69) is 29.4 Å². The molecule has 2 aromatic rings. The van der Waals surface area contributed by atoms with E-state index < -0.39 is 0 Å². The minimum Gasteiger partial charge on any atom is -0.392 e. The molecule has 1 aromatic heterocycles. The van der Waals surface area contributed by atoms with E-state index in [1.54, 1.807) is 18.5 Å². The number of amides is 1. The Morgan fingerprint density at radius 3 is 2.81 bits per heavy atom. The monoisotopic (exact) mass is 284 g/mol. The SMILES string of the molecule is Cc1ccccc1C(C)CC(=O)Nc1cnccc1CO. The van der Waals surface area contributed by atoms with Gasteiger partial charge in [-0.05, 0) is 30.0 Å².